The van der Waals surface area contributed by atoms with E-state index in [4.69, 9.17) is 0 Å². The Morgan fingerprint density at radius 2 is 2.08 bits per heavy atom. The molecule has 70 valence electrons. The third-order valence-corrected chi connectivity index (χ3v) is 3.26. The summed E-state index contributed by atoms with van der Waals surface area (Å²) in [7, 11) is 0. The van der Waals surface area contributed by atoms with Crippen LogP contribution in [0.1, 0.15) is 52.9 Å². The maximum Gasteiger partial charge on any atom is 0.130 e. The fourth-order valence-electron chi connectivity index (χ4n) is 2.29. The first-order valence-electron chi connectivity index (χ1n) is 5.02. The first-order chi connectivity index (χ1) is 5.52. The van der Waals surface area contributed by atoms with E-state index < -0.39 is 0 Å². The van der Waals surface area contributed by atoms with Gasteiger partial charge in [0, 0.05) is 6.42 Å². The maximum atomic E-state index is 11.0. The minimum Gasteiger partial charge on any atom is -0.300 e. The molecule has 0 aromatic carbocycles. The molecule has 0 heterocycles. The van der Waals surface area contributed by atoms with Gasteiger partial charge in [0.2, 0.25) is 0 Å². The lowest BCUT2D eigenvalue weighted by atomic mass is 9.67. The Labute approximate surface area is 75.5 Å². The fraction of sp³-hybridized carbons (Fsp3) is 0.909. The summed E-state index contributed by atoms with van der Waals surface area (Å²) in [6, 6.07) is 0. The third kappa shape index (κ3) is 2.33. The van der Waals surface area contributed by atoms with Crippen LogP contribution in [-0.4, -0.2) is 5.78 Å². The number of carbonyl (C=O) groups excluding carboxylic acids is 1. The molecule has 1 saturated carbocycles. The van der Waals surface area contributed by atoms with E-state index in [1.165, 1.54) is 25.7 Å². The van der Waals surface area contributed by atoms with Crippen molar-refractivity contribution in [2.75, 3.05) is 0 Å². The molecule has 0 N–H and O–H groups in total. The average Bonchev–Trinajstić information content (AvgIpc) is 1.92. The molecule has 1 heteroatoms. The van der Waals surface area contributed by atoms with E-state index in [1.54, 1.807) is 6.92 Å². The Hall–Kier alpha value is -0.330. The monoisotopic (exact) mass is 168 g/mol. The van der Waals surface area contributed by atoms with Crippen LogP contribution in [0.4, 0.5) is 0 Å². The summed E-state index contributed by atoms with van der Waals surface area (Å²) in [5.74, 6) is 0.999. The minimum atomic E-state index is 0.356. The lowest BCUT2D eigenvalue weighted by Crippen LogP contribution is -2.29. The van der Waals surface area contributed by atoms with Crippen molar-refractivity contribution >= 4 is 5.78 Å². The highest BCUT2D eigenvalue weighted by atomic mass is 16.1. The van der Waals surface area contributed by atoms with Crippen LogP contribution in [0.25, 0.3) is 0 Å². The first kappa shape index (κ1) is 9.76. The summed E-state index contributed by atoms with van der Waals surface area (Å²) in [4.78, 5) is 11.0. The predicted octanol–water partition coefficient (Wildman–Crippen LogP) is 3.18. The molecular weight excluding hydrogens is 148 g/mol. The van der Waals surface area contributed by atoms with E-state index in [-0.39, 0.29) is 0 Å². The second-order valence-corrected chi connectivity index (χ2v) is 4.84. The average molecular weight is 168 g/mol. The van der Waals surface area contributed by atoms with Crippen molar-refractivity contribution in [3.8, 4) is 0 Å². The van der Waals surface area contributed by atoms with Crippen molar-refractivity contribution in [3.05, 3.63) is 0 Å². The van der Waals surface area contributed by atoms with Gasteiger partial charge in [-0.15, -0.1) is 0 Å². The molecule has 0 bridgehead atoms. The molecule has 0 spiro atoms. The maximum absolute atomic E-state index is 11.0. The van der Waals surface area contributed by atoms with Crippen molar-refractivity contribution in [2.45, 2.75) is 52.9 Å². The topological polar surface area (TPSA) is 17.1 Å². The summed E-state index contributed by atoms with van der Waals surface area (Å²) in [6.45, 7) is 6.32. The van der Waals surface area contributed by atoms with Gasteiger partial charge < -0.3 is 4.79 Å². The number of carbonyl (C=O) groups is 1. The number of rotatable bonds is 2. The summed E-state index contributed by atoms with van der Waals surface area (Å²) in [5.41, 5.74) is 0.407. The van der Waals surface area contributed by atoms with Crippen molar-refractivity contribution in [1.82, 2.24) is 0 Å². The van der Waals surface area contributed by atoms with E-state index in [2.05, 4.69) is 13.8 Å². The highest BCUT2D eigenvalue weighted by molar-refractivity contribution is 5.75. The molecule has 0 saturated heterocycles. The van der Waals surface area contributed by atoms with Crippen LogP contribution in [0.2, 0.25) is 0 Å². The second-order valence-electron chi connectivity index (χ2n) is 4.84. The van der Waals surface area contributed by atoms with Crippen LogP contribution in [0.15, 0.2) is 0 Å². The van der Waals surface area contributed by atoms with E-state index in [9.17, 15) is 4.79 Å². The van der Waals surface area contributed by atoms with Crippen LogP contribution in [-0.2, 0) is 4.79 Å². The Balaban J connectivity index is 2.54. The van der Waals surface area contributed by atoms with Gasteiger partial charge >= 0.3 is 0 Å². The molecule has 1 rings (SSSR count). The van der Waals surface area contributed by atoms with Gasteiger partial charge in [0.25, 0.3) is 0 Å². The Kier molecular flexibility index (Phi) is 2.92. The zero-order valence-electron chi connectivity index (χ0n) is 8.52. The van der Waals surface area contributed by atoms with E-state index in [1.807, 2.05) is 0 Å². The molecule has 1 nitrogen and oxygen atoms in total. The van der Waals surface area contributed by atoms with Gasteiger partial charge in [-0.05, 0) is 31.1 Å². The van der Waals surface area contributed by atoms with Gasteiger partial charge in [-0.2, -0.15) is 0 Å². The summed E-state index contributed by atoms with van der Waals surface area (Å²) in [5, 5.41) is 0. The third-order valence-electron chi connectivity index (χ3n) is 3.26. The largest absolute Gasteiger partial charge is 0.300 e. The molecule has 1 aliphatic carbocycles. The highest BCUT2D eigenvalue weighted by Gasteiger charge is 2.32. The van der Waals surface area contributed by atoms with Crippen molar-refractivity contribution in [1.29, 1.82) is 0 Å². The molecule has 0 aliphatic heterocycles. The molecule has 0 radical (unpaired) electrons. The smallest absolute Gasteiger partial charge is 0.130 e. The molecule has 1 fully saturated rings. The van der Waals surface area contributed by atoms with E-state index >= 15 is 0 Å². The fourth-order valence-corrected chi connectivity index (χ4v) is 2.29. The zero-order valence-corrected chi connectivity index (χ0v) is 8.52. The molecule has 0 aromatic heterocycles. The van der Waals surface area contributed by atoms with E-state index in [0.29, 0.717) is 17.1 Å². The van der Waals surface area contributed by atoms with Crippen LogP contribution in [0, 0.1) is 11.3 Å². The summed E-state index contributed by atoms with van der Waals surface area (Å²) < 4.78 is 0. The van der Waals surface area contributed by atoms with Gasteiger partial charge in [-0.3, -0.25) is 0 Å². The Bertz CT molecular complexity index is 170. The van der Waals surface area contributed by atoms with E-state index in [0.717, 1.165) is 6.42 Å². The predicted molar refractivity (Wildman–Crippen MR) is 51.0 cm³/mol. The molecule has 12 heavy (non-hydrogen) atoms. The van der Waals surface area contributed by atoms with Crippen LogP contribution in [0.3, 0.4) is 0 Å². The molecule has 0 aromatic rings. The Morgan fingerprint density at radius 3 is 2.58 bits per heavy atom. The van der Waals surface area contributed by atoms with Gasteiger partial charge in [0.15, 0.2) is 0 Å². The van der Waals surface area contributed by atoms with Crippen molar-refractivity contribution in [2.24, 2.45) is 11.3 Å². The van der Waals surface area contributed by atoms with Gasteiger partial charge in [0.1, 0.15) is 5.78 Å². The number of hydrogen-bond donors (Lipinski definition) is 0. The van der Waals surface area contributed by atoms with Gasteiger partial charge in [-0.1, -0.05) is 26.7 Å². The molecule has 1 atom stereocenters. The van der Waals surface area contributed by atoms with Crippen LogP contribution >= 0.6 is 0 Å². The zero-order chi connectivity index (χ0) is 9.19. The van der Waals surface area contributed by atoms with Crippen molar-refractivity contribution < 1.29 is 4.79 Å². The quantitative estimate of drug-likeness (QED) is 0.619. The standard InChI is InChI=1S/C11H20O/c1-9(12)8-10-6-4-5-7-11(10,2)3/h10H,4-8H2,1-3H3. The molecule has 0 amide bonds. The van der Waals surface area contributed by atoms with Crippen LogP contribution in [0.5, 0.6) is 0 Å². The number of ketones is 1. The lowest BCUT2D eigenvalue weighted by Gasteiger charge is -2.38. The molecule has 1 aliphatic rings. The molecular formula is C11H20O. The first-order valence-corrected chi connectivity index (χ1v) is 5.02. The SMILES string of the molecule is CC(=O)CC1CCCCC1(C)C. The lowest BCUT2D eigenvalue weighted by molar-refractivity contribution is -0.119. The Morgan fingerprint density at radius 1 is 1.42 bits per heavy atom. The van der Waals surface area contributed by atoms with Crippen LogP contribution < -0.4 is 0 Å². The summed E-state index contributed by atoms with van der Waals surface area (Å²) in [6.07, 6.45) is 6.02. The number of hydrogen-bond acceptors (Lipinski definition) is 1. The van der Waals surface area contributed by atoms with Gasteiger partial charge in [-0.25, -0.2) is 0 Å². The minimum absolute atomic E-state index is 0.356. The summed E-state index contributed by atoms with van der Waals surface area (Å²) >= 11 is 0. The second kappa shape index (κ2) is 3.59. The van der Waals surface area contributed by atoms with Gasteiger partial charge in [0.05, 0.1) is 0 Å². The number of Topliss-reactive ketones (excluding diaryl/α,β-unsaturated/α-hetero) is 1. The molecule has 1 unspecified atom stereocenters. The normalized spacial score (nSPS) is 28.4. The highest BCUT2D eigenvalue weighted by Crippen LogP contribution is 2.42. The van der Waals surface area contributed by atoms with Crippen molar-refractivity contribution in [3.63, 3.8) is 0 Å².